The van der Waals surface area contributed by atoms with E-state index in [2.05, 4.69) is 0 Å². The number of carboxylic acids is 1. The molecule has 0 amide bonds. The molecule has 2 aromatic rings. The number of rotatable bonds is 7. The maximum Gasteiger partial charge on any atom is 0.336 e. The Morgan fingerprint density at radius 2 is 1.77 bits per heavy atom. The van der Waals surface area contributed by atoms with Crippen molar-refractivity contribution in [2.24, 2.45) is 0 Å². The van der Waals surface area contributed by atoms with Crippen molar-refractivity contribution in [2.45, 2.75) is 34.6 Å². The summed E-state index contributed by atoms with van der Waals surface area (Å²) >= 11 is 1.25. The number of methoxy groups -OCH3 is 1. The number of nitrogens with zero attached hydrogens (tertiary/aromatic N) is 1. The van der Waals surface area contributed by atoms with Crippen LogP contribution in [-0.2, 0) is 10.0 Å². The van der Waals surface area contributed by atoms with Gasteiger partial charge in [0.05, 0.1) is 17.6 Å². The van der Waals surface area contributed by atoms with Gasteiger partial charge in [-0.15, -0.1) is 0 Å². The summed E-state index contributed by atoms with van der Waals surface area (Å²) in [5.74, 6) is -0.476. The normalized spacial score (nSPS) is 11.8. The Labute approximate surface area is 157 Å². The highest BCUT2D eigenvalue weighted by molar-refractivity contribution is 7.99. The highest BCUT2D eigenvalue weighted by atomic mass is 32.2. The van der Waals surface area contributed by atoms with Crippen LogP contribution < -0.4 is 4.74 Å². The molecule has 0 atom stereocenters. The number of sulfonamides is 1. The SMILES string of the molecule is COc1ccc(Sc2ccc(S(=O)(=O)N(C)C(C)C)cc2C(=O)O)cc1. The molecule has 0 saturated heterocycles. The standard InChI is InChI=1S/C18H21NO5S2/c1-12(2)19(3)26(22,23)15-9-10-17(16(11-15)18(20)21)25-14-7-5-13(24-4)6-8-14/h5-12H,1-4H3,(H,20,21). The summed E-state index contributed by atoms with van der Waals surface area (Å²) < 4.78 is 31.5. The minimum absolute atomic E-state index is 0.0369. The Bertz CT molecular complexity index is 892. The predicted octanol–water partition coefficient (Wildman–Crippen LogP) is 3.57. The lowest BCUT2D eigenvalue weighted by Crippen LogP contribution is -2.33. The van der Waals surface area contributed by atoms with Crippen LogP contribution in [0.15, 0.2) is 57.2 Å². The van der Waals surface area contributed by atoms with Crippen LogP contribution in [-0.4, -0.2) is 44.0 Å². The molecule has 0 unspecified atom stereocenters. The van der Waals surface area contributed by atoms with Crippen LogP contribution in [0.25, 0.3) is 0 Å². The third kappa shape index (κ3) is 4.38. The molecule has 140 valence electrons. The Kier molecular flexibility index (Phi) is 6.33. The van der Waals surface area contributed by atoms with Gasteiger partial charge in [0.15, 0.2) is 0 Å². The van der Waals surface area contributed by atoms with E-state index in [1.165, 1.54) is 41.3 Å². The van der Waals surface area contributed by atoms with E-state index < -0.39 is 16.0 Å². The second-order valence-corrected chi connectivity index (χ2v) is 8.97. The summed E-state index contributed by atoms with van der Waals surface area (Å²) in [6.07, 6.45) is 0. The zero-order valence-electron chi connectivity index (χ0n) is 15.0. The van der Waals surface area contributed by atoms with E-state index in [1.807, 2.05) is 12.1 Å². The summed E-state index contributed by atoms with van der Waals surface area (Å²) in [4.78, 5) is 12.9. The van der Waals surface area contributed by atoms with E-state index in [1.54, 1.807) is 33.1 Å². The summed E-state index contributed by atoms with van der Waals surface area (Å²) in [5, 5.41) is 9.52. The fraction of sp³-hybridized carbons (Fsp3) is 0.278. The third-order valence-electron chi connectivity index (χ3n) is 3.87. The number of aromatic carboxylic acids is 1. The number of hydrogen-bond donors (Lipinski definition) is 1. The fourth-order valence-electron chi connectivity index (χ4n) is 2.14. The maximum absolute atomic E-state index is 12.6. The second-order valence-electron chi connectivity index (χ2n) is 5.86. The van der Waals surface area contributed by atoms with Crippen LogP contribution in [0.3, 0.4) is 0 Å². The maximum atomic E-state index is 12.6. The average molecular weight is 396 g/mol. The van der Waals surface area contributed by atoms with Crippen molar-refractivity contribution in [3.8, 4) is 5.75 Å². The van der Waals surface area contributed by atoms with Crippen LogP contribution in [0.1, 0.15) is 24.2 Å². The first kappa shape index (κ1) is 20.3. The lowest BCUT2D eigenvalue weighted by atomic mass is 10.2. The Morgan fingerprint density at radius 1 is 1.15 bits per heavy atom. The first-order valence-electron chi connectivity index (χ1n) is 7.84. The van der Waals surface area contributed by atoms with Crippen molar-refractivity contribution in [3.63, 3.8) is 0 Å². The molecule has 0 radical (unpaired) electrons. The van der Waals surface area contributed by atoms with Crippen LogP contribution in [0.5, 0.6) is 5.75 Å². The molecule has 0 aliphatic carbocycles. The summed E-state index contributed by atoms with van der Waals surface area (Å²) in [5.41, 5.74) is -0.0518. The molecule has 26 heavy (non-hydrogen) atoms. The molecule has 1 N–H and O–H groups in total. The average Bonchev–Trinajstić information content (AvgIpc) is 2.61. The number of ether oxygens (including phenoxy) is 1. The van der Waals surface area contributed by atoms with E-state index in [-0.39, 0.29) is 16.5 Å². The van der Waals surface area contributed by atoms with Gasteiger partial charge >= 0.3 is 5.97 Å². The number of carboxylic acid groups (broad SMARTS) is 1. The van der Waals surface area contributed by atoms with Gasteiger partial charge in [-0.25, -0.2) is 13.2 Å². The minimum atomic E-state index is -3.75. The molecule has 0 aliphatic heterocycles. The summed E-state index contributed by atoms with van der Waals surface area (Å²) in [6, 6.07) is 11.1. The fourth-order valence-corrected chi connectivity index (χ4v) is 4.45. The summed E-state index contributed by atoms with van der Waals surface area (Å²) in [6.45, 7) is 3.51. The minimum Gasteiger partial charge on any atom is -0.497 e. The van der Waals surface area contributed by atoms with Crippen LogP contribution in [0, 0.1) is 0 Å². The first-order chi connectivity index (χ1) is 12.2. The number of hydrogen-bond acceptors (Lipinski definition) is 5. The molecule has 0 saturated carbocycles. The lowest BCUT2D eigenvalue weighted by molar-refractivity contribution is 0.0693. The topological polar surface area (TPSA) is 83.9 Å². The molecule has 0 aromatic heterocycles. The van der Waals surface area contributed by atoms with Crippen LogP contribution in [0.4, 0.5) is 0 Å². The lowest BCUT2D eigenvalue weighted by Gasteiger charge is -2.21. The highest BCUT2D eigenvalue weighted by Crippen LogP contribution is 2.33. The third-order valence-corrected chi connectivity index (χ3v) is 6.99. The molecule has 0 fully saturated rings. The first-order valence-corrected chi connectivity index (χ1v) is 10.1. The van der Waals surface area contributed by atoms with Gasteiger partial charge in [0.25, 0.3) is 0 Å². The molecule has 8 heteroatoms. The van der Waals surface area contributed by atoms with Gasteiger partial charge in [-0.1, -0.05) is 11.8 Å². The van der Waals surface area contributed by atoms with Gasteiger partial charge in [0.2, 0.25) is 10.0 Å². The van der Waals surface area contributed by atoms with E-state index in [9.17, 15) is 18.3 Å². The van der Waals surface area contributed by atoms with Gasteiger partial charge in [-0.2, -0.15) is 4.31 Å². The Balaban J connectivity index is 2.41. The van der Waals surface area contributed by atoms with Gasteiger partial charge in [-0.05, 0) is 56.3 Å². The van der Waals surface area contributed by atoms with Crippen molar-refractivity contribution in [2.75, 3.05) is 14.2 Å². The van der Waals surface area contributed by atoms with Crippen molar-refractivity contribution >= 4 is 27.8 Å². The quantitative estimate of drug-likeness (QED) is 0.771. The molecule has 0 heterocycles. The van der Waals surface area contributed by atoms with E-state index in [4.69, 9.17) is 4.74 Å². The molecule has 0 bridgehead atoms. The highest BCUT2D eigenvalue weighted by Gasteiger charge is 2.25. The monoisotopic (exact) mass is 395 g/mol. The largest absolute Gasteiger partial charge is 0.497 e. The van der Waals surface area contributed by atoms with Gasteiger partial charge in [0, 0.05) is 22.9 Å². The molecule has 0 aliphatic rings. The van der Waals surface area contributed by atoms with Crippen molar-refractivity contribution in [1.29, 1.82) is 0 Å². The van der Waals surface area contributed by atoms with Crippen molar-refractivity contribution < 1.29 is 23.1 Å². The van der Waals surface area contributed by atoms with Gasteiger partial charge < -0.3 is 9.84 Å². The Morgan fingerprint density at radius 3 is 2.27 bits per heavy atom. The molecular formula is C18H21NO5S2. The van der Waals surface area contributed by atoms with Gasteiger partial charge in [0.1, 0.15) is 5.75 Å². The van der Waals surface area contributed by atoms with Crippen molar-refractivity contribution in [1.82, 2.24) is 4.31 Å². The molecule has 6 nitrogen and oxygen atoms in total. The van der Waals surface area contributed by atoms with E-state index >= 15 is 0 Å². The van der Waals surface area contributed by atoms with Gasteiger partial charge in [-0.3, -0.25) is 0 Å². The number of carbonyl (C=O) groups is 1. The van der Waals surface area contributed by atoms with Crippen LogP contribution >= 0.6 is 11.8 Å². The Hall–Kier alpha value is -2.03. The second kappa shape index (κ2) is 8.11. The zero-order chi connectivity index (χ0) is 19.5. The smallest absolute Gasteiger partial charge is 0.336 e. The number of benzene rings is 2. The predicted molar refractivity (Wildman–Crippen MR) is 101 cm³/mol. The van der Waals surface area contributed by atoms with Crippen LogP contribution in [0.2, 0.25) is 0 Å². The summed E-state index contributed by atoms with van der Waals surface area (Å²) in [7, 11) is -0.709. The zero-order valence-corrected chi connectivity index (χ0v) is 16.6. The molecule has 0 spiro atoms. The molecule has 2 rings (SSSR count). The molecular weight excluding hydrogens is 374 g/mol. The van der Waals surface area contributed by atoms with E-state index in [0.29, 0.717) is 10.6 Å². The molecule has 2 aromatic carbocycles. The van der Waals surface area contributed by atoms with Crippen molar-refractivity contribution in [3.05, 3.63) is 48.0 Å². The van der Waals surface area contributed by atoms with E-state index in [0.717, 1.165) is 4.90 Å².